The lowest BCUT2D eigenvalue weighted by atomic mass is 10.1. The van der Waals surface area contributed by atoms with Crippen LogP contribution in [-0.4, -0.2) is 20.9 Å². The van der Waals surface area contributed by atoms with Crippen LogP contribution in [0.4, 0.5) is 0 Å². The van der Waals surface area contributed by atoms with Crippen LogP contribution in [0.15, 0.2) is 23.1 Å². The SMILES string of the molecule is Cc1ccc(S(=O)(=O)Cl)cc1C(=O)NCC1CC1(C)C. The Labute approximate surface area is 123 Å². The van der Waals surface area contributed by atoms with Gasteiger partial charge in [0.15, 0.2) is 0 Å². The third-order valence-electron chi connectivity index (χ3n) is 3.96. The highest BCUT2D eigenvalue weighted by molar-refractivity contribution is 8.13. The summed E-state index contributed by atoms with van der Waals surface area (Å²) in [6, 6.07) is 4.31. The fourth-order valence-corrected chi connectivity index (χ4v) is 3.01. The van der Waals surface area contributed by atoms with Gasteiger partial charge >= 0.3 is 0 Å². The molecule has 1 saturated carbocycles. The van der Waals surface area contributed by atoms with E-state index in [2.05, 4.69) is 19.2 Å². The summed E-state index contributed by atoms with van der Waals surface area (Å²) in [5, 5.41) is 2.86. The Bertz CT molecular complexity index is 652. The molecule has 1 unspecified atom stereocenters. The van der Waals surface area contributed by atoms with Crippen molar-refractivity contribution < 1.29 is 13.2 Å². The van der Waals surface area contributed by atoms with Crippen LogP contribution in [-0.2, 0) is 9.05 Å². The van der Waals surface area contributed by atoms with E-state index in [1.807, 2.05) is 0 Å². The number of halogens is 1. The number of carbonyl (C=O) groups excluding carboxylic acids is 1. The summed E-state index contributed by atoms with van der Waals surface area (Å²) in [6.45, 7) is 6.70. The number of nitrogens with one attached hydrogen (secondary N) is 1. The Hall–Kier alpha value is -1.07. The highest BCUT2D eigenvalue weighted by Crippen LogP contribution is 2.50. The minimum atomic E-state index is -3.82. The van der Waals surface area contributed by atoms with Crippen molar-refractivity contribution in [3.05, 3.63) is 29.3 Å². The van der Waals surface area contributed by atoms with E-state index in [9.17, 15) is 13.2 Å². The quantitative estimate of drug-likeness (QED) is 0.869. The molecule has 1 atom stereocenters. The lowest BCUT2D eigenvalue weighted by molar-refractivity contribution is 0.0950. The minimum Gasteiger partial charge on any atom is -0.352 e. The van der Waals surface area contributed by atoms with Gasteiger partial charge in [0.1, 0.15) is 0 Å². The smallest absolute Gasteiger partial charge is 0.261 e. The molecule has 0 radical (unpaired) electrons. The van der Waals surface area contributed by atoms with E-state index in [4.69, 9.17) is 10.7 Å². The van der Waals surface area contributed by atoms with Crippen LogP contribution < -0.4 is 5.32 Å². The van der Waals surface area contributed by atoms with Crippen molar-refractivity contribution in [3.63, 3.8) is 0 Å². The first-order valence-corrected chi connectivity index (χ1v) is 8.76. The molecule has 1 aliphatic rings. The van der Waals surface area contributed by atoms with Gasteiger partial charge in [-0.05, 0) is 42.4 Å². The van der Waals surface area contributed by atoms with Gasteiger partial charge < -0.3 is 5.32 Å². The van der Waals surface area contributed by atoms with Crippen LogP contribution in [0.2, 0.25) is 0 Å². The maximum absolute atomic E-state index is 12.1. The van der Waals surface area contributed by atoms with E-state index in [1.54, 1.807) is 13.0 Å². The van der Waals surface area contributed by atoms with Gasteiger partial charge in [-0.15, -0.1) is 0 Å². The van der Waals surface area contributed by atoms with E-state index < -0.39 is 9.05 Å². The molecule has 1 fully saturated rings. The monoisotopic (exact) mass is 315 g/mol. The topological polar surface area (TPSA) is 63.2 Å². The van der Waals surface area contributed by atoms with E-state index in [1.165, 1.54) is 12.1 Å². The van der Waals surface area contributed by atoms with Gasteiger partial charge in [-0.25, -0.2) is 8.42 Å². The number of hydrogen-bond acceptors (Lipinski definition) is 3. The summed E-state index contributed by atoms with van der Waals surface area (Å²) < 4.78 is 22.6. The molecule has 0 aromatic heterocycles. The summed E-state index contributed by atoms with van der Waals surface area (Å²) >= 11 is 0. The molecule has 2 rings (SSSR count). The number of aryl methyl sites for hydroxylation is 1. The van der Waals surface area contributed by atoms with Crippen LogP contribution in [0, 0.1) is 18.3 Å². The Morgan fingerprint density at radius 1 is 1.45 bits per heavy atom. The van der Waals surface area contributed by atoms with Crippen LogP contribution >= 0.6 is 10.7 Å². The van der Waals surface area contributed by atoms with Crippen molar-refractivity contribution in [3.8, 4) is 0 Å². The molecule has 0 saturated heterocycles. The zero-order valence-electron chi connectivity index (χ0n) is 11.7. The van der Waals surface area contributed by atoms with Gasteiger partial charge in [0.05, 0.1) is 4.90 Å². The standard InChI is InChI=1S/C14H18ClNO3S/c1-9-4-5-11(20(15,18)19)6-12(9)13(17)16-8-10-7-14(10,2)3/h4-6,10H,7-8H2,1-3H3,(H,16,17). The second-order valence-corrected chi connectivity index (χ2v) is 8.58. The molecular formula is C14H18ClNO3S. The molecule has 0 heterocycles. The number of amides is 1. The molecule has 20 heavy (non-hydrogen) atoms. The summed E-state index contributed by atoms with van der Waals surface area (Å²) in [5.74, 6) is 0.235. The van der Waals surface area contributed by atoms with Crippen LogP contribution in [0.3, 0.4) is 0 Å². The number of hydrogen-bond donors (Lipinski definition) is 1. The first-order chi connectivity index (χ1) is 9.11. The second kappa shape index (κ2) is 5.04. The first kappa shape index (κ1) is 15.3. The number of carbonyl (C=O) groups is 1. The van der Waals surface area contributed by atoms with Crippen molar-refractivity contribution in [2.75, 3.05) is 6.54 Å². The molecule has 1 N–H and O–H groups in total. The van der Waals surface area contributed by atoms with Crippen LogP contribution in [0.25, 0.3) is 0 Å². The van der Waals surface area contributed by atoms with Crippen molar-refractivity contribution >= 4 is 25.6 Å². The van der Waals surface area contributed by atoms with Gasteiger partial charge in [0.25, 0.3) is 15.0 Å². The third kappa shape index (κ3) is 3.33. The summed E-state index contributed by atoms with van der Waals surface area (Å²) in [4.78, 5) is 12.1. The Balaban J connectivity index is 2.13. The first-order valence-electron chi connectivity index (χ1n) is 6.45. The van der Waals surface area contributed by atoms with Gasteiger partial charge in [0.2, 0.25) is 0 Å². The molecule has 4 nitrogen and oxygen atoms in total. The highest BCUT2D eigenvalue weighted by atomic mass is 35.7. The summed E-state index contributed by atoms with van der Waals surface area (Å²) in [7, 11) is 1.48. The lowest BCUT2D eigenvalue weighted by Crippen LogP contribution is -2.27. The number of rotatable bonds is 4. The molecule has 1 aromatic rings. The van der Waals surface area contributed by atoms with E-state index >= 15 is 0 Å². The van der Waals surface area contributed by atoms with Crippen molar-refractivity contribution in [1.29, 1.82) is 0 Å². The largest absolute Gasteiger partial charge is 0.352 e. The van der Waals surface area contributed by atoms with E-state index in [0.717, 1.165) is 12.0 Å². The van der Waals surface area contributed by atoms with Gasteiger partial charge in [0, 0.05) is 22.8 Å². The molecular weight excluding hydrogens is 298 g/mol. The highest BCUT2D eigenvalue weighted by Gasteiger charge is 2.45. The predicted octanol–water partition coefficient (Wildman–Crippen LogP) is 2.70. The van der Waals surface area contributed by atoms with E-state index in [0.29, 0.717) is 23.4 Å². The fraction of sp³-hybridized carbons (Fsp3) is 0.500. The average Bonchev–Trinajstić information content (AvgIpc) is 2.93. The normalized spacial score (nSPS) is 20.5. The maximum atomic E-state index is 12.1. The summed E-state index contributed by atoms with van der Waals surface area (Å²) in [6.07, 6.45) is 1.10. The van der Waals surface area contributed by atoms with E-state index in [-0.39, 0.29) is 10.8 Å². The van der Waals surface area contributed by atoms with Gasteiger partial charge in [-0.1, -0.05) is 19.9 Å². The van der Waals surface area contributed by atoms with Crippen molar-refractivity contribution in [1.82, 2.24) is 5.32 Å². The lowest BCUT2D eigenvalue weighted by Gasteiger charge is -2.09. The third-order valence-corrected chi connectivity index (χ3v) is 5.31. The zero-order chi connectivity index (χ0) is 15.1. The fourth-order valence-electron chi connectivity index (χ4n) is 2.23. The Morgan fingerprint density at radius 2 is 2.05 bits per heavy atom. The zero-order valence-corrected chi connectivity index (χ0v) is 13.3. The molecule has 110 valence electrons. The van der Waals surface area contributed by atoms with Gasteiger partial charge in [-0.3, -0.25) is 4.79 Å². The number of benzene rings is 1. The molecule has 0 aliphatic heterocycles. The van der Waals surface area contributed by atoms with Gasteiger partial charge in [-0.2, -0.15) is 0 Å². The predicted molar refractivity (Wildman–Crippen MR) is 78.4 cm³/mol. The molecule has 1 aromatic carbocycles. The second-order valence-electron chi connectivity index (χ2n) is 6.01. The maximum Gasteiger partial charge on any atom is 0.261 e. The van der Waals surface area contributed by atoms with Crippen molar-refractivity contribution in [2.24, 2.45) is 11.3 Å². The molecule has 1 aliphatic carbocycles. The van der Waals surface area contributed by atoms with Crippen molar-refractivity contribution in [2.45, 2.75) is 32.1 Å². The van der Waals surface area contributed by atoms with Crippen LogP contribution in [0.1, 0.15) is 36.2 Å². The minimum absolute atomic E-state index is 0.0540. The Kier molecular flexibility index (Phi) is 3.86. The molecule has 0 spiro atoms. The molecule has 0 bridgehead atoms. The van der Waals surface area contributed by atoms with Crippen LogP contribution in [0.5, 0.6) is 0 Å². The molecule has 1 amide bonds. The molecule has 6 heteroatoms. The Morgan fingerprint density at radius 3 is 2.55 bits per heavy atom. The average molecular weight is 316 g/mol. The summed E-state index contributed by atoms with van der Waals surface area (Å²) in [5.41, 5.74) is 1.37.